The van der Waals surface area contributed by atoms with Crippen LogP contribution in [0.25, 0.3) is 10.9 Å². The maximum absolute atomic E-state index is 12.2. The van der Waals surface area contributed by atoms with Gasteiger partial charge in [-0.25, -0.2) is 0 Å². The summed E-state index contributed by atoms with van der Waals surface area (Å²) in [7, 11) is 0. The van der Waals surface area contributed by atoms with Crippen LogP contribution in [0, 0.1) is 0 Å². The van der Waals surface area contributed by atoms with Gasteiger partial charge in [0.1, 0.15) is 0 Å². The van der Waals surface area contributed by atoms with E-state index in [4.69, 9.17) is 0 Å². The molecule has 25 heavy (non-hydrogen) atoms. The Bertz CT molecular complexity index is 807. The SMILES string of the molecule is CCC(CNC(=O)CCCc1c[nH]c2ccccc12)c1ccccc1. The first kappa shape index (κ1) is 17.3. The fourth-order valence-electron chi connectivity index (χ4n) is 3.33. The van der Waals surface area contributed by atoms with Crippen LogP contribution in [0.1, 0.15) is 43.2 Å². The number of fused-ring (bicyclic) bond motifs is 1. The van der Waals surface area contributed by atoms with Gasteiger partial charge in [-0.1, -0.05) is 55.5 Å². The molecule has 0 aliphatic carbocycles. The molecule has 130 valence electrons. The minimum Gasteiger partial charge on any atom is -0.361 e. The maximum atomic E-state index is 12.2. The number of carbonyl (C=O) groups excluding carboxylic acids is 1. The second-order valence-corrected chi connectivity index (χ2v) is 6.53. The van der Waals surface area contributed by atoms with Crippen molar-refractivity contribution in [2.75, 3.05) is 6.54 Å². The third-order valence-electron chi connectivity index (χ3n) is 4.83. The average molecular weight is 334 g/mol. The molecule has 3 rings (SSSR count). The van der Waals surface area contributed by atoms with Crippen LogP contribution in [0.5, 0.6) is 0 Å². The molecule has 2 N–H and O–H groups in total. The fourth-order valence-corrected chi connectivity index (χ4v) is 3.33. The van der Waals surface area contributed by atoms with E-state index in [0.29, 0.717) is 18.9 Å². The van der Waals surface area contributed by atoms with E-state index < -0.39 is 0 Å². The molecule has 1 unspecified atom stereocenters. The Labute approximate surface area is 149 Å². The monoisotopic (exact) mass is 334 g/mol. The molecular formula is C22H26N2O. The van der Waals surface area contributed by atoms with E-state index in [0.717, 1.165) is 24.8 Å². The van der Waals surface area contributed by atoms with Crippen LogP contribution in [0.3, 0.4) is 0 Å². The first-order valence-electron chi connectivity index (χ1n) is 9.14. The molecule has 0 aliphatic heterocycles. The van der Waals surface area contributed by atoms with Crippen molar-refractivity contribution >= 4 is 16.8 Å². The van der Waals surface area contributed by atoms with E-state index >= 15 is 0 Å². The molecule has 1 atom stereocenters. The van der Waals surface area contributed by atoms with Gasteiger partial charge in [-0.3, -0.25) is 4.79 Å². The second kappa shape index (κ2) is 8.52. The van der Waals surface area contributed by atoms with Crippen molar-refractivity contribution in [1.82, 2.24) is 10.3 Å². The molecule has 0 aliphatic rings. The number of hydrogen-bond donors (Lipinski definition) is 2. The number of aromatic amines is 1. The van der Waals surface area contributed by atoms with Crippen molar-refractivity contribution in [3.63, 3.8) is 0 Å². The van der Waals surface area contributed by atoms with Crippen molar-refractivity contribution in [3.8, 4) is 0 Å². The maximum Gasteiger partial charge on any atom is 0.220 e. The minimum atomic E-state index is 0.147. The van der Waals surface area contributed by atoms with Gasteiger partial charge in [0, 0.05) is 36.0 Å². The summed E-state index contributed by atoms with van der Waals surface area (Å²) in [6, 6.07) is 18.7. The molecule has 0 radical (unpaired) electrons. The summed E-state index contributed by atoms with van der Waals surface area (Å²) in [5.74, 6) is 0.535. The van der Waals surface area contributed by atoms with Crippen LogP contribution in [0.4, 0.5) is 0 Å². The Morgan fingerprint density at radius 2 is 1.84 bits per heavy atom. The van der Waals surface area contributed by atoms with Gasteiger partial charge in [-0.05, 0) is 36.5 Å². The van der Waals surface area contributed by atoms with Gasteiger partial charge in [0.25, 0.3) is 0 Å². The molecule has 0 fully saturated rings. The van der Waals surface area contributed by atoms with Crippen molar-refractivity contribution in [2.45, 2.75) is 38.5 Å². The van der Waals surface area contributed by atoms with Crippen LogP contribution in [-0.2, 0) is 11.2 Å². The topological polar surface area (TPSA) is 44.9 Å². The largest absolute Gasteiger partial charge is 0.361 e. The summed E-state index contributed by atoms with van der Waals surface area (Å²) in [6.45, 7) is 2.88. The summed E-state index contributed by atoms with van der Waals surface area (Å²) in [4.78, 5) is 15.5. The quantitative estimate of drug-likeness (QED) is 0.610. The highest BCUT2D eigenvalue weighted by molar-refractivity contribution is 5.83. The Balaban J connectivity index is 1.45. The third-order valence-corrected chi connectivity index (χ3v) is 4.83. The van der Waals surface area contributed by atoms with Crippen molar-refractivity contribution in [3.05, 3.63) is 71.9 Å². The summed E-state index contributed by atoms with van der Waals surface area (Å²) in [6.07, 6.45) is 5.46. The van der Waals surface area contributed by atoms with Gasteiger partial charge in [0.15, 0.2) is 0 Å². The highest BCUT2D eigenvalue weighted by atomic mass is 16.1. The zero-order valence-corrected chi connectivity index (χ0v) is 14.8. The Morgan fingerprint density at radius 3 is 2.64 bits per heavy atom. The molecule has 0 spiro atoms. The molecule has 3 nitrogen and oxygen atoms in total. The van der Waals surface area contributed by atoms with Crippen molar-refractivity contribution in [1.29, 1.82) is 0 Å². The zero-order valence-electron chi connectivity index (χ0n) is 14.8. The van der Waals surface area contributed by atoms with Crippen molar-refractivity contribution in [2.24, 2.45) is 0 Å². The lowest BCUT2D eigenvalue weighted by Gasteiger charge is -2.16. The summed E-state index contributed by atoms with van der Waals surface area (Å²) in [5, 5.41) is 4.36. The van der Waals surface area contributed by atoms with Gasteiger partial charge in [0.05, 0.1) is 0 Å². The first-order valence-corrected chi connectivity index (χ1v) is 9.14. The molecular weight excluding hydrogens is 308 g/mol. The van der Waals surface area contributed by atoms with E-state index in [9.17, 15) is 4.79 Å². The number of hydrogen-bond acceptors (Lipinski definition) is 1. The summed E-state index contributed by atoms with van der Waals surface area (Å²) < 4.78 is 0. The molecule has 0 bridgehead atoms. The molecule has 0 saturated carbocycles. The van der Waals surface area contributed by atoms with Gasteiger partial charge < -0.3 is 10.3 Å². The van der Waals surface area contributed by atoms with Crippen LogP contribution >= 0.6 is 0 Å². The smallest absolute Gasteiger partial charge is 0.220 e. The molecule has 1 amide bonds. The number of H-pyrrole nitrogens is 1. The molecule has 3 heteroatoms. The van der Waals surface area contributed by atoms with E-state index in [-0.39, 0.29) is 5.91 Å². The Hall–Kier alpha value is -2.55. The number of benzene rings is 2. The molecule has 0 saturated heterocycles. The van der Waals surface area contributed by atoms with Crippen LogP contribution in [0.2, 0.25) is 0 Å². The van der Waals surface area contributed by atoms with Gasteiger partial charge in [0.2, 0.25) is 5.91 Å². The van der Waals surface area contributed by atoms with Crippen LogP contribution < -0.4 is 5.32 Å². The fraction of sp³-hybridized carbons (Fsp3) is 0.318. The Kier molecular flexibility index (Phi) is 5.89. The number of nitrogens with one attached hydrogen (secondary N) is 2. The van der Waals surface area contributed by atoms with E-state index in [1.807, 2.05) is 12.1 Å². The number of rotatable bonds is 8. The number of amides is 1. The zero-order chi connectivity index (χ0) is 17.5. The van der Waals surface area contributed by atoms with Gasteiger partial charge in [-0.15, -0.1) is 0 Å². The van der Waals surface area contributed by atoms with E-state index in [1.165, 1.54) is 16.5 Å². The lowest BCUT2D eigenvalue weighted by molar-refractivity contribution is -0.121. The highest BCUT2D eigenvalue weighted by Crippen LogP contribution is 2.20. The summed E-state index contributed by atoms with van der Waals surface area (Å²) in [5.41, 5.74) is 3.75. The molecule has 2 aromatic carbocycles. The second-order valence-electron chi connectivity index (χ2n) is 6.53. The van der Waals surface area contributed by atoms with Gasteiger partial charge in [-0.2, -0.15) is 0 Å². The van der Waals surface area contributed by atoms with Crippen molar-refractivity contribution < 1.29 is 4.79 Å². The van der Waals surface area contributed by atoms with Crippen LogP contribution in [0.15, 0.2) is 60.8 Å². The normalized spacial score (nSPS) is 12.2. The number of aryl methyl sites for hydroxylation is 1. The lowest BCUT2D eigenvalue weighted by atomic mass is 9.96. The molecule has 1 heterocycles. The third kappa shape index (κ3) is 4.50. The number of aromatic nitrogens is 1. The standard InChI is InChI=1S/C22H26N2O/c1-2-17(18-9-4-3-5-10-18)15-24-22(25)14-8-11-19-16-23-21-13-7-6-12-20(19)21/h3-7,9-10,12-13,16-17,23H,2,8,11,14-15H2,1H3,(H,24,25). The lowest BCUT2D eigenvalue weighted by Crippen LogP contribution is -2.28. The summed E-state index contributed by atoms with van der Waals surface area (Å²) >= 11 is 0. The first-order chi connectivity index (χ1) is 12.3. The number of para-hydroxylation sites is 1. The van der Waals surface area contributed by atoms with Gasteiger partial charge >= 0.3 is 0 Å². The average Bonchev–Trinajstić information content (AvgIpc) is 3.06. The Morgan fingerprint density at radius 1 is 1.08 bits per heavy atom. The van der Waals surface area contributed by atoms with E-state index in [2.05, 4.69) is 65.9 Å². The molecule has 1 aromatic heterocycles. The van der Waals surface area contributed by atoms with E-state index in [1.54, 1.807) is 0 Å². The predicted molar refractivity (Wildman–Crippen MR) is 104 cm³/mol. The minimum absolute atomic E-state index is 0.147. The molecule has 3 aromatic rings. The predicted octanol–water partition coefficient (Wildman–Crippen LogP) is 4.80. The van der Waals surface area contributed by atoms with Crippen LogP contribution in [-0.4, -0.2) is 17.4 Å². The number of carbonyl (C=O) groups is 1. The highest BCUT2D eigenvalue weighted by Gasteiger charge is 2.11.